The highest BCUT2D eigenvalue weighted by atomic mass is 19.4. The first-order chi connectivity index (χ1) is 11.6. The summed E-state index contributed by atoms with van der Waals surface area (Å²) in [7, 11) is 0. The van der Waals surface area contributed by atoms with E-state index >= 15 is 0 Å². The molecule has 8 nitrogen and oxygen atoms in total. The van der Waals surface area contributed by atoms with E-state index in [1.807, 2.05) is 0 Å². The van der Waals surface area contributed by atoms with Gasteiger partial charge in [-0.1, -0.05) is 0 Å². The fourth-order valence-corrected chi connectivity index (χ4v) is 2.20. The first-order valence-electron chi connectivity index (χ1n) is 7.19. The molecule has 1 aromatic heterocycles. The van der Waals surface area contributed by atoms with Crippen LogP contribution in [0.3, 0.4) is 0 Å². The van der Waals surface area contributed by atoms with Crippen LogP contribution in [0.25, 0.3) is 0 Å². The lowest BCUT2D eigenvalue weighted by Crippen LogP contribution is -2.47. The molecule has 1 aromatic rings. The fourth-order valence-electron chi connectivity index (χ4n) is 2.20. The lowest BCUT2D eigenvalue weighted by molar-refractivity contribution is -0.192. The summed E-state index contributed by atoms with van der Waals surface area (Å²) < 4.78 is 36.8. The molecule has 1 saturated heterocycles. The molecule has 11 heteroatoms. The molecule has 1 amide bonds. The third-order valence-electron chi connectivity index (χ3n) is 3.39. The number of halogens is 3. The number of piperidine rings is 1. The van der Waals surface area contributed by atoms with E-state index in [9.17, 15) is 22.8 Å². The Hall–Kier alpha value is -2.56. The highest BCUT2D eigenvalue weighted by molar-refractivity contribution is 5.96. The maximum atomic E-state index is 12.2. The van der Waals surface area contributed by atoms with E-state index in [-0.39, 0.29) is 12.5 Å². The maximum Gasteiger partial charge on any atom is 0.490 e. The molecule has 0 spiro atoms. The zero-order valence-corrected chi connectivity index (χ0v) is 13.0. The molecule has 4 N–H and O–H groups in total. The zero-order chi connectivity index (χ0) is 19.2. The standard InChI is InChI=1S/C12H16N2O4.C2HF3O2/c13-6-9-5-8(7-18-9)11(15)14-4-2-1-3-10(14)12(16)17;3-2(4,5)1(6)7/h5,7,10H,1-4,6,13H2,(H,16,17);(H,6,7). The van der Waals surface area contributed by atoms with E-state index in [1.54, 1.807) is 6.07 Å². The van der Waals surface area contributed by atoms with Crippen LogP contribution in [-0.2, 0) is 16.1 Å². The van der Waals surface area contributed by atoms with Crippen molar-refractivity contribution < 1.29 is 42.2 Å². The number of alkyl halides is 3. The molecule has 1 aliphatic heterocycles. The predicted molar refractivity (Wildman–Crippen MR) is 76.6 cm³/mol. The monoisotopic (exact) mass is 366 g/mol. The van der Waals surface area contributed by atoms with Crippen molar-refractivity contribution in [2.45, 2.75) is 38.0 Å². The van der Waals surface area contributed by atoms with Crippen LogP contribution in [-0.4, -0.2) is 51.7 Å². The summed E-state index contributed by atoms with van der Waals surface area (Å²) in [6.45, 7) is 0.689. The lowest BCUT2D eigenvalue weighted by atomic mass is 10.0. The van der Waals surface area contributed by atoms with Crippen LogP contribution >= 0.6 is 0 Å². The number of amides is 1. The van der Waals surface area contributed by atoms with Crippen molar-refractivity contribution in [3.05, 3.63) is 23.7 Å². The SMILES string of the molecule is NCc1cc(C(=O)N2CCCCC2C(=O)O)co1.O=C(O)C(F)(F)F. The van der Waals surface area contributed by atoms with Gasteiger partial charge in [-0.2, -0.15) is 13.2 Å². The van der Waals surface area contributed by atoms with Gasteiger partial charge in [0.15, 0.2) is 0 Å². The number of carbonyl (C=O) groups is 3. The number of carboxylic acid groups (broad SMARTS) is 2. The molecule has 0 aliphatic carbocycles. The summed E-state index contributed by atoms with van der Waals surface area (Å²) in [6, 6.07) is 0.832. The van der Waals surface area contributed by atoms with Gasteiger partial charge in [0.05, 0.1) is 12.1 Å². The van der Waals surface area contributed by atoms with Gasteiger partial charge in [0.1, 0.15) is 18.1 Å². The van der Waals surface area contributed by atoms with E-state index in [0.717, 1.165) is 12.8 Å². The number of carboxylic acids is 2. The molecule has 2 rings (SSSR count). The molecule has 25 heavy (non-hydrogen) atoms. The minimum atomic E-state index is -5.08. The van der Waals surface area contributed by atoms with E-state index in [0.29, 0.717) is 24.3 Å². The number of carbonyl (C=O) groups excluding carboxylic acids is 1. The smallest absolute Gasteiger partial charge is 0.480 e. The van der Waals surface area contributed by atoms with Gasteiger partial charge in [0.25, 0.3) is 5.91 Å². The number of aliphatic carboxylic acids is 2. The van der Waals surface area contributed by atoms with E-state index in [1.165, 1.54) is 11.2 Å². The minimum Gasteiger partial charge on any atom is -0.480 e. The van der Waals surface area contributed by atoms with E-state index in [2.05, 4.69) is 0 Å². The molecule has 2 heterocycles. The first kappa shape index (κ1) is 20.5. The molecule has 1 unspecified atom stereocenters. The predicted octanol–water partition coefficient (Wildman–Crippen LogP) is 1.45. The number of nitrogens with two attached hydrogens (primary N) is 1. The molecule has 0 saturated carbocycles. The van der Waals surface area contributed by atoms with E-state index in [4.69, 9.17) is 25.2 Å². The average molecular weight is 366 g/mol. The number of rotatable bonds is 3. The van der Waals surface area contributed by atoms with Gasteiger partial charge in [-0.15, -0.1) is 0 Å². The van der Waals surface area contributed by atoms with Crippen LogP contribution in [0.5, 0.6) is 0 Å². The number of nitrogens with zero attached hydrogens (tertiary/aromatic N) is 1. The Morgan fingerprint density at radius 1 is 1.28 bits per heavy atom. The van der Waals surface area contributed by atoms with Gasteiger partial charge in [-0.25, -0.2) is 9.59 Å². The van der Waals surface area contributed by atoms with Crippen LogP contribution in [0.15, 0.2) is 16.7 Å². The van der Waals surface area contributed by atoms with Gasteiger partial charge >= 0.3 is 18.1 Å². The van der Waals surface area contributed by atoms with Gasteiger partial charge in [0, 0.05) is 6.54 Å². The molecule has 0 aromatic carbocycles. The summed E-state index contributed by atoms with van der Waals surface area (Å²) in [5.41, 5.74) is 5.77. The Labute approximate surface area is 140 Å². The van der Waals surface area contributed by atoms with Crippen molar-refractivity contribution in [2.24, 2.45) is 5.73 Å². The van der Waals surface area contributed by atoms with Crippen LogP contribution in [0.1, 0.15) is 35.4 Å². The highest BCUT2D eigenvalue weighted by Gasteiger charge is 2.38. The molecule has 1 aliphatic rings. The summed E-state index contributed by atoms with van der Waals surface area (Å²) in [4.78, 5) is 33.6. The van der Waals surface area contributed by atoms with E-state index < -0.39 is 24.2 Å². The average Bonchev–Trinajstić information content (AvgIpc) is 3.03. The molecular weight excluding hydrogens is 349 g/mol. The summed E-state index contributed by atoms with van der Waals surface area (Å²) >= 11 is 0. The fraction of sp³-hybridized carbons (Fsp3) is 0.500. The molecule has 1 fully saturated rings. The third kappa shape index (κ3) is 5.78. The van der Waals surface area contributed by atoms with Crippen LogP contribution in [0.4, 0.5) is 13.2 Å². The molecular formula is C14H17F3N2O6. The zero-order valence-electron chi connectivity index (χ0n) is 13.0. The van der Waals surface area contributed by atoms with Crippen molar-refractivity contribution in [3.8, 4) is 0 Å². The Morgan fingerprint density at radius 2 is 1.88 bits per heavy atom. The number of hydrogen-bond donors (Lipinski definition) is 3. The first-order valence-corrected chi connectivity index (χ1v) is 7.19. The third-order valence-corrected chi connectivity index (χ3v) is 3.39. The minimum absolute atomic E-state index is 0.218. The second-order valence-electron chi connectivity index (χ2n) is 5.16. The second-order valence-corrected chi connectivity index (χ2v) is 5.16. The molecule has 140 valence electrons. The lowest BCUT2D eigenvalue weighted by Gasteiger charge is -2.32. The Kier molecular flexibility index (Phi) is 6.97. The molecule has 0 bridgehead atoms. The second kappa shape index (κ2) is 8.51. The maximum absolute atomic E-state index is 12.2. The Balaban J connectivity index is 0.000000381. The van der Waals surface area contributed by atoms with Crippen LogP contribution in [0.2, 0.25) is 0 Å². The topological polar surface area (TPSA) is 134 Å². The Morgan fingerprint density at radius 3 is 2.32 bits per heavy atom. The van der Waals surface area contributed by atoms with Gasteiger partial charge < -0.3 is 25.3 Å². The number of furan rings is 1. The van der Waals surface area contributed by atoms with Crippen LogP contribution in [0, 0.1) is 0 Å². The molecule has 0 radical (unpaired) electrons. The highest BCUT2D eigenvalue weighted by Crippen LogP contribution is 2.21. The van der Waals surface area contributed by atoms with Crippen molar-refractivity contribution in [3.63, 3.8) is 0 Å². The largest absolute Gasteiger partial charge is 0.490 e. The quantitative estimate of drug-likeness (QED) is 0.737. The van der Waals surface area contributed by atoms with Crippen molar-refractivity contribution >= 4 is 17.8 Å². The van der Waals surface area contributed by atoms with Crippen molar-refractivity contribution in [1.29, 1.82) is 0 Å². The van der Waals surface area contributed by atoms with Crippen molar-refractivity contribution in [1.82, 2.24) is 4.90 Å². The summed E-state index contributed by atoms with van der Waals surface area (Å²) in [5, 5.41) is 16.2. The van der Waals surface area contributed by atoms with Crippen LogP contribution < -0.4 is 5.73 Å². The van der Waals surface area contributed by atoms with Crippen molar-refractivity contribution in [2.75, 3.05) is 6.54 Å². The van der Waals surface area contributed by atoms with Gasteiger partial charge in [-0.3, -0.25) is 4.79 Å². The normalized spacial score (nSPS) is 17.4. The summed E-state index contributed by atoms with van der Waals surface area (Å²) in [5.74, 6) is -3.49. The van der Waals surface area contributed by atoms with Gasteiger partial charge in [-0.05, 0) is 25.3 Å². The summed E-state index contributed by atoms with van der Waals surface area (Å²) in [6.07, 6.45) is -1.59. The molecule has 1 atom stereocenters. The number of hydrogen-bond acceptors (Lipinski definition) is 5. The van der Waals surface area contributed by atoms with Gasteiger partial charge in [0.2, 0.25) is 0 Å². The number of likely N-dealkylation sites (tertiary alicyclic amines) is 1. The Bertz CT molecular complexity index is 628.